The molecule has 118 valence electrons. The van der Waals surface area contributed by atoms with E-state index in [0.29, 0.717) is 17.0 Å². The summed E-state index contributed by atoms with van der Waals surface area (Å²) < 4.78 is 39.3. The van der Waals surface area contributed by atoms with Crippen LogP contribution in [0.15, 0.2) is 23.0 Å². The van der Waals surface area contributed by atoms with E-state index in [1.54, 1.807) is 6.92 Å². The number of thiazole rings is 1. The quantitative estimate of drug-likeness (QED) is 0.898. The summed E-state index contributed by atoms with van der Waals surface area (Å²) in [5.74, 6) is -0.679. The zero-order valence-electron chi connectivity index (χ0n) is 11.4. The second kappa shape index (κ2) is 5.77. The topological polar surface area (TPSA) is 51.1 Å². The standard InChI is InChI=1S/C13H10ClF3N2O2S/c1-6-10(22-12(21)19(6)2)11(20)18-9-5-7(13(15,16)17)3-4-8(9)14/h3-5H,1-2H3,(H,18,20). The van der Waals surface area contributed by atoms with Crippen LogP contribution in [0.3, 0.4) is 0 Å². The number of alkyl halides is 3. The Bertz CT molecular complexity index is 796. The van der Waals surface area contributed by atoms with Gasteiger partial charge in [0.1, 0.15) is 4.88 Å². The van der Waals surface area contributed by atoms with Gasteiger partial charge in [-0.25, -0.2) is 0 Å². The van der Waals surface area contributed by atoms with Crippen LogP contribution in [0.2, 0.25) is 5.02 Å². The number of rotatable bonds is 2. The van der Waals surface area contributed by atoms with Gasteiger partial charge in [0, 0.05) is 12.7 Å². The van der Waals surface area contributed by atoms with E-state index in [9.17, 15) is 22.8 Å². The first-order valence-electron chi connectivity index (χ1n) is 5.95. The predicted molar refractivity (Wildman–Crippen MR) is 78.7 cm³/mol. The maximum atomic E-state index is 12.7. The number of halogens is 4. The molecule has 0 saturated heterocycles. The molecule has 0 unspecified atom stereocenters. The first kappa shape index (κ1) is 16.6. The van der Waals surface area contributed by atoms with Gasteiger partial charge in [-0.15, -0.1) is 0 Å². The Labute approximate surface area is 132 Å². The van der Waals surface area contributed by atoms with Crippen molar-refractivity contribution < 1.29 is 18.0 Å². The maximum absolute atomic E-state index is 12.7. The summed E-state index contributed by atoms with van der Waals surface area (Å²) in [5.41, 5.74) is -0.662. The Morgan fingerprint density at radius 3 is 2.50 bits per heavy atom. The average Bonchev–Trinajstić information content (AvgIpc) is 2.67. The Balaban J connectivity index is 2.36. The highest BCUT2D eigenvalue weighted by Gasteiger charge is 2.31. The molecule has 1 heterocycles. The van der Waals surface area contributed by atoms with Crippen molar-refractivity contribution in [3.8, 4) is 0 Å². The fraction of sp³-hybridized carbons (Fsp3) is 0.231. The molecular weight excluding hydrogens is 341 g/mol. The van der Waals surface area contributed by atoms with Crippen molar-refractivity contribution in [2.75, 3.05) is 5.32 Å². The molecule has 0 aliphatic rings. The van der Waals surface area contributed by atoms with Gasteiger partial charge in [0.05, 0.1) is 16.3 Å². The largest absolute Gasteiger partial charge is 0.416 e. The molecule has 0 saturated carbocycles. The van der Waals surface area contributed by atoms with E-state index in [1.807, 2.05) is 0 Å². The third kappa shape index (κ3) is 3.17. The summed E-state index contributed by atoms with van der Waals surface area (Å²) in [6.45, 7) is 1.57. The number of anilines is 1. The van der Waals surface area contributed by atoms with Gasteiger partial charge >= 0.3 is 11.0 Å². The van der Waals surface area contributed by atoms with Crippen LogP contribution in [0, 0.1) is 6.92 Å². The van der Waals surface area contributed by atoms with Crippen LogP contribution >= 0.6 is 22.9 Å². The summed E-state index contributed by atoms with van der Waals surface area (Å²) in [4.78, 5) is 23.4. The Kier molecular flexibility index (Phi) is 4.35. The molecule has 0 aliphatic carbocycles. The minimum absolute atomic E-state index is 0.0257. The third-order valence-corrected chi connectivity index (χ3v) is 4.51. The lowest BCUT2D eigenvalue weighted by atomic mass is 10.2. The number of benzene rings is 1. The minimum atomic E-state index is -4.54. The van der Waals surface area contributed by atoms with Gasteiger partial charge in [0.15, 0.2) is 0 Å². The van der Waals surface area contributed by atoms with Gasteiger partial charge in [-0.3, -0.25) is 9.59 Å². The zero-order valence-corrected chi connectivity index (χ0v) is 13.0. The number of amides is 1. The van der Waals surface area contributed by atoms with E-state index in [1.165, 1.54) is 11.6 Å². The van der Waals surface area contributed by atoms with Gasteiger partial charge < -0.3 is 9.88 Å². The first-order chi connectivity index (χ1) is 10.1. The van der Waals surface area contributed by atoms with Crippen LogP contribution in [-0.2, 0) is 13.2 Å². The minimum Gasteiger partial charge on any atom is -0.320 e. The molecule has 1 N–H and O–H groups in total. The van der Waals surface area contributed by atoms with Crippen molar-refractivity contribution in [1.82, 2.24) is 4.57 Å². The molecule has 1 amide bonds. The second-order valence-corrected chi connectivity index (χ2v) is 5.86. The van der Waals surface area contributed by atoms with Crippen molar-refractivity contribution in [3.05, 3.63) is 49.0 Å². The molecule has 4 nitrogen and oxygen atoms in total. The van der Waals surface area contributed by atoms with Crippen LogP contribution < -0.4 is 10.2 Å². The Morgan fingerprint density at radius 1 is 1.36 bits per heavy atom. The molecule has 0 radical (unpaired) electrons. The highest BCUT2D eigenvalue weighted by molar-refractivity contribution is 7.11. The second-order valence-electron chi connectivity index (χ2n) is 4.49. The Morgan fingerprint density at radius 2 is 2.00 bits per heavy atom. The van der Waals surface area contributed by atoms with Gasteiger partial charge in [-0.1, -0.05) is 22.9 Å². The van der Waals surface area contributed by atoms with E-state index in [-0.39, 0.29) is 20.5 Å². The highest BCUT2D eigenvalue weighted by Crippen LogP contribution is 2.34. The lowest BCUT2D eigenvalue weighted by molar-refractivity contribution is -0.137. The highest BCUT2D eigenvalue weighted by atomic mass is 35.5. The fourth-order valence-electron chi connectivity index (χ4n) is 1.71. The third-order valence-electron chi connectivity index (χ3n) is 3.04. The van der Waals surface area contributed by atoms with Crippen molar-refractivity contribution in [2.24, 2.45) is 7.05 Å². The van der Waals surface area contributed by atoms with Crippen molar-refractivity contribution >= 4 is 34.5 Å². The summed E-state index contributed by atoms with van der Waals surface area (Å²) in [7, 11) is 1.50. The smallest absolute Gasteiger partial charge is 0.320 e. The van der Waals surface area contributed by atoms with E-state index < -0.39 is 17.6 Å². The lowest BCUT2D eigenvalue weighted by Crippen LogP contribution is -2.14. The number of hydrogen-bond donors (Lipinski definition) is 1. The molecule has 0 atom stereocenters. The normalized spacial score (nSPS) is 11.5. The molecule has 2 aromatic rings. The van der Waals surface area contributed by atoms with E-state index >= 15 is 0 Å². The summed E-state index contributed by atoms with van der Waals surface area (Å²) in [6.07, 6.45) is -4.54. The van der Waals surface area contributed by atoms with E-state index in [2.05, 4.69) is 5.32 Å². The summed E-state index contributed by atoms with van der Waals surface area (Å²) >= 11 is 6.52. The molecule has 0 bridgehead atoms. The molecular formula is C13H10ClF3N2O2S. The Hall–Kier alpha value is -1.80. The van der Waals surface area contributed by atoms with Gasteiger partial charge in [0.2, 0.25) is 0 Å². The summed E-state index contributed by atoms with van der Waals surface area (Å²) in [5, 5.41) is 2.28. The predicted octanol–water partition coefficient (Wildman–Crippen LogP) is 3.68. The van der Waals surface area contributed by atoms with E-state index in [4.69, 9.17) is 11.6 Å². The molecule has 0 spiro atoms. The van der Waals surface area contributed by atoms with Crippen molar-refractivity contribution in [1.29, 1.82) is 0 Å². The lowest BCUT2D eigenvalue weighted by Gasteiger charge is -2.11. The van der Waals surface area contributed by atoms with Crippen LogP contribution in [-0.4, -0.2) is 10.5 Å². The average molecular weight is 351 g/mol. The number of hydrogen-bond acceptors (Lipinski definition) is 3. The molecule has 22 heavy (non-hydrogen) atoms. The van der Waals surface area contributed by atoms with Crippen LogP contribution in [0.1, 0.15) is 20.9 Å². The monoisotopic (exact) mass is 350 g/mol. The zero-order chi connectivity index (χ0) is 16.7. The first-order valence-corrected chi connectivity index (χ1v) is 7.15. The number of aromatic nitrogens is 1. The summed E-state index contributed by atoms with van der Waals surface area (Å²) in [6, 6.07) is 2.63. The van der Waals surface area contributed by atoms with Gasteiger partial charge in [0.25, 0.3) is 5.91 Å². The van der Waals surface area contributed by atoms with Crippen LogP contribution in [0.4, 0.5) is 18.9 Å². The number of carbonyl (C=O) groups is 1. The molecule has 0 aliphatic heterocycles. The fourth-order valence-corrected chi connectivity index (χ4v) is 2.75. The maximum Gasteiger partial charge on any atom is 0.416 e. The van der Waals surface area contributed by atoms with Gasteiger partial charge in [-0.2, -0.15) is 13.2 Å². The molecule has 9 heteroatoms. The van der Waals surface area contributed by atoms with Crippen molar-refractivity contribution in [3.63, 3.8) is 0 Å². The molecule has 1 aromatic carbocycles. The van der Waals surface area contributed by atoms with Crippen LogP contribution in [0.5, 0.6) is 0 Å². The number of nitrogens with zero attached hydrogens (tertiary/aromatic N) is 1. The number of carbonyl (C=O) groups excluding carboxylic acids is 1. The molecule has 2 rings (SSSR count). The van der Waals surface area contributed by atoms with E-state index in [0.717, 1.165) is 18.2 Å². The number of nitrogens with one attached hydrogen (secondary N) is 1. The molecule has 0 fully saturated rings. The van der Waals surface area contributed by atoms with Crippen LogP contribution in [0.25, 0.3) is 0 Å². The van der Waals surface area contributed by atoms with Gasteiger partial charge in [-0.05, 0) is 25.1 Å². The molecule has 1 aromatic heterocycles. The van der Waals surface area contributed by atoms with Crippen molar-refractivity contribution in [2.45, 2.75) is 13.1 Å². The SMILES string of the molecule is Cc1c(C(=O)Nc2cc(C(F)(F)F)ccc2Cl)sc(=O)n1C.